The van der Waals surface area contributed by atoms with Crippen LogP contribution in [-0.4, -0.2) is 4.98 Å². The maximum absolute atomic E-state index is 5.73. The Bertz CT molecular complexity index is 267. The molecule has 66 valence electrons. The molecule has 12 heavy (non-hydrogen) atoms. The summed E-state index contributed by atoms with van der Waals surface area (Å²) in [5, 5.41) is 0. The molecular weight excluding hydrogens is 148 g/mol. The van der Waals surface area contributed by atoms with E-state index in [-0.39, 0.29) is 0 Å². The molecule has 0 aliphatic heterocycles. The van der Waals surface area contributed by atoms with Crippen molar-refractivity contribution in [2.75, 3.05) is 5.73 Å². The zero-order valence-electron chi connectivity index (χ0n) is 7.96. The highest BCUT2D eigenvalue weighted by molar-refractivity contribution is 5.47. The standard InChI is InChI=1S/C10H16N2/c1-7(2)4-9-5-12-6-10(11)8(9)3/h5-7H,4,11H2,1-3H3. The Labute approximate surface area is 73.8 Å². The van der Waals surface area contributed by atoms with E-state index < -0.39 is 0 Å². The Kier molecular flexibility index (Phi) is 2.69. The highest BCUT2D eigenvalue weighted by Crippen LogP contribution is 2.16. The van der Waals surface area contributed by atoms with Gasteiger partial charge < -0.3 is 5.73 Å². The van der Waals surface area contributed by atoms with Crippen molar-refractivity contribution in [2.24, 2.45) is 5.92 Å². The van der Waals surface area contributed by atoms with Crippen molar-refractivity contribution in [3.05, 3.63) is 23.5 Å². The predicted octanol–water partition coefficient (Wildman–Crippen LogP) is 2.17. The van der Waals surface area contributed by atoms with E-state index in [1.165, 1.54) is 11.1 Å². The quantitative estimate of drug-likeness (QED) is 0.727. The van der Waals surface area contributed by atoms with Gasteiger partial charge in [-0.3, -0.25) is 4.98 Å². The minimum absolute atomic E-state index is 0.660. The Morgan fingerprint density at radius 2 is 2.08 bits per heavy atom. The minimum atomic E-state index is 0.660. The molecule has 1 aromatic rings. The summed E-state index contributed by atoms with van der Waals surface area (Å²) in [6, 6.07) is 0. The number of nitrogens with two attached hydrogens (primary N) is 1. The summed E-state index contributed by atoms with van der Waals surface area (Å²) < 4.78 is 0. The monoisotopic (exact) mass is 164 g/mol. The number of hydrogen-bond donors (Lipinski definition) is 1. The van der Waals surface area contributed by atoms with Crippen LogP contribution in [0.1, 0.15) is 25.0 Å². The van der Waals surface area contributed by atoms with Crippen LogP contribution in [0.2, 0.25) is 0 Å². The van der Waals surface area contributed by atoms with Crippen LogP contribution in [0.3, 0.4) is 0 Å². The van der Waals surface area contributed by atoms with Gasteiger partial charge in [-0.2, -0.15) is 0 Å². The third kappa shape index (κ3) is 1.97. The molecule has 2 nitrogen and oxygen atoms in total. The zero-order chi connectivity index (χ0) is 9.14. The molecule has 0 atom stereocenters. The van der Waals surface area contributed by atoms with E-state index in [4.69, 9.17) is 5.73 Å². The summed E-state index contributed by atoms with van der Waals surface area (Å²) in [5.41, 5.74) is 8.98. The third-order valence-electron chi connectivity index (χ3n) is 1.99. The number of rotatable bonds is 2. The number of hydrogen-bond acceptors (Lipinski definition) is 2. The van der Waals surface area contributed by atoms with Crippen molar-refractivity contribution >= 4 is 5.69 Å². The molecule has 0 saturated carbocycles. The first kappa shape index (κ1) is 9.04. The smallest absolute Gasteiger partial charge is 0.0533 e. The van der Waals surface area contributed by atoms with E-state index in [0.717, 1.165) is 12.1 Å². The molecule has 1 aromatic heterocycles. The second-order valence-corrected chi connectivity index (χ2v) is 3.61. The first-order valence-corrected chi connectivity index (χ1v) is 4.30. The van der Waals surface area contributed by atoms with Crippen molar-refractivity contribution in [1.29, 1.82) is 0 Å². The predicted molar refractivity (Wildman–Crippen MR) is 51.9 cm³/mol. The fourth-order valence-corrected chi connectivity index (χ4v) is 1.23. The van der Waals surface area contributed by atoms with Gasteiger partial charge in [0.2, 0.25) is 0 Å². The SMILES string of the molecule is Cc1c(N)cncc1CC(C)C. The molecular formula is C10H16N2. The molecule has 0 saturated heterocycles. The number of nitrogen functional groups attached to an aromatic ring is 1. The lowest BCUT2D eigenvalue weighted by molar-refractivity contribution is 0.643. The van der Waals surface area contributed by atoms with E-state index in [1.54, 1.807) is 6.20 Å². The Morgan fingerprint density at radius 1 is 1.42 bits per heavy atom. The van der Waals surface area contributed by atoms with Crippen LogP contribution in [0.25, 0.3) is 0 Å². The molecule has 0 aliphatic carbocycles. The largest absolute Gasteiger partial charge is 0.397 e. The van der Waals surface area contributed by atoms with Crippen LogP contribution in [0.15, 0.2) is 12.4 Å². The van der Waals surface area contributed by atoms with E-state index in [0.29, 0.717) is 5.92 Å². The van der Waals surface area contributed by atoms with Gasteiger partial charge in [-0.15, -0.1) is 0 Å². The van der Waals surface area contributed by atoms with Crippen molar-refractivity contribution < 1.29 is 0 Å². The van der Waals surface area contributed by atoms with Gasteiger partial charge in [-0.1, -0.05) is 13.8 Å². The van der Waals surface area contributed by atoms with Gasteiger partial charge in [0.05, 0.1) is 11.9 Å². The number of aromatic nitrogens is 1. The van der Waals surface area contributed by atoms with Crippen molar-refractivity contribution in [1.82, 2.24) is 4.98 Å². The van der Waals surface area contributed by atoms with Gasteiger partial charge >= 0.3 is 0 Å². The lowest BCUT2D eigenvalue weighted by Crippen LogP contribution is -2.00. The lowest BCUT2D eigenvalue weighted by atomic mass is 10.0. The molecule has 0 unspecified atom stereocenters. The molecule has 2 heteroatoms. The van der Waals surface area contributed by atoms with Crippen LogP contribution >= 0.6 is 0 Å². The van der Waals surface area contributed by atoms with Crippen molar-refractivity contribution in [2.45, 2.75) is 27.2 Å². The molecule has 0 fully saturated rings. The fraction of sp³-hybridized carbons (Fsp3) is 0.500. The molecule has 0 amide bonds. The highest BCUT2D eigenvalue weighted by atomic mass is 14.7. The molecule has 0 spiro atoms. The Balaban J connectivity index is 2.92. The van der Waals surface area contributed by atoms with Gasteiger partial charge in [0.15, 0.2) is 0 Å². The molecule has 0 aromatic carbocycles. The molecule has 0 bridgehead atoms. The number of pyridine rings is 1. The summed E-state index contributed by atoms with van der Waals surface area (Å²) in [6.07, 6.45) is 4.68. The van der Waals surface area contributed by atoms with Crippen LogP contribution < -0.4 is 5.73 Å². The molecule has 0 radical (unpaired) electrons. The average molecular weight is 164 g/mol. The maximum Gasteiger partial charge on any atom is 0.0533 e. The van der Waals surface area contributed by atoms with Gasteiger partial charge in [0.25, 0.3) is 0 Å². The van der Waals surface area contributed by atoms with E-state index in [2.05, 4.69) is 25.8 Å². The molecule has 1 heterocycles. The Morgan fingerprint density at radius 3 is 2.67 bits per heavy atom. The van der Waals surface area contributed by atoms with E-state index in [1.807, 2.05) is 6.20 Å². The summed E-state index contributed by atoms with van der Waals surface area (Å²) in [7, 11) is 0. The van der Waals surface area contributed by atoms with Gasteiger partial charge in [0.1, 0.15) is 0 Å². The lowest BCUT2D eigenvalue weighted by Gasteiger charge is -2.09. The topological polar surface area (TPSA) is 38.9 Å². The van der Waals surface area contributed by atoms with Gasteiger partial charge in [-0.05, 0) is 30.4 Å². The third-order valence-corrected chi connectivity index (χ3v) is 1.99. The van der Waals surface area contributed by atoms with Crippen LogP contribution in [0.5, 0.6) is 0 Å². The van der Waals surface area contributed by atoms with E-state index >= 15 is 0 Å². The van der Waals surface area contributed by atoms with Crippen LogP contribution in [-0.2, 0) is 6.42 Å². The maximum atomic E-state index is 5.73. The molecule has 0 aliphatic rings. The summed E-state index contributed by atoms with van der Waals surface area (Å²) >= 11 is 0. The second kappa shape index (κ2) is 3.57. The zero-order valence-corrected chi connectivity index (χ0v) is 7.96. The minimum Gasteiger partial charge on any atom is -0.397 e. The number of anilines is 1. The van der Waals surface area contributed by atoms with E-state index in [9.17, 15) is 0 Å². The van der Waals surface area contributed by atoms with Crippen LogP contribution in [0, 0.1) is 12.8 Å². The van der Waals surface area contributed by atoms with Crippen molar-refractivity contribution in [3.8, 4) is 0 Å². The first-order valence-electron chi connectivity index (χ1n) is 4.30. The Hall–Kier alpha value is -1.05. The van der Waals surface area contributed by atoms with Crippen LogP contribution in [0.4, 0.5) is 5.69 Å². The fourth-order valence-electron chi connectivity index (χ4n) is 1.23. The van der Waals surface area contributed by atoms with Gasteiger partial charge in [0, 0.05) is 6.20 Å². The number of nitrogens with zero attached hydrogens (tertiary/aromatic N) is 1. The molecule has 1 rings (SSSR count). The molecule has 2 N–H and O–H groups in total. The summed E-state index contributed by atoms with van der Waals surface area (Å²) in [5.74, 6) is 0.660. The first-order chi connectivity index (χ1) is 5.61. The average Bonchev–Trinajstić information content (AvgIpc) is 1.98. The van der Waals surface area contributed by atoms with Crippen molar-refractivity contribution in [3.63, 3.8) is 0 Å². The summed E-state index contributed by atoms with van der Waals surface area (Å²) in [4.78, 5) is 4.07. The highest BCUT2D eigenvalue weighted by Gasteiger charge is 2.03. The summed E-state index contributed by atoms with van der Waals surface area (Å²) in [6.45, 7) is 6.44. The second-order valence-electron chi connectivity index (χ2n) is 3.61. The normalized spacial score (nSPS) is 10.7. The van der Waals surface area contributed by atoms with Gasteiger partial charge in [-0.25, -0.2) is 0 Å².